The van der Waals surface area contributed by atoms with Crippen LogP contribution in [0, 0.1) is 17.2 Å². The second kappa shape index (κ2) is 6.31. The zero-order valence-electron chi connectivity index (χ0n) is 15.5. The first kappa shape index (κ1) is 18.4. The van der Waals surface area contributed by atoms with E-state index in [1.165, 1.54) is 6.07 Å². The maximum atomic E-state index is 13.8. The Morgan fingerprint density at radius 3 is 2.41 bits per heavy atom. The summed E-state index contributed by atoms with van der Waals surface area (Å²) in [7, 11) is 0. The van der Waals surface area contributed by atoms with Gasteiger partial charge in [0, 0.05) is 12.3 Å². The second-order valence-corrected chi connectivity index (χ2v) is 8.69. The topological polar surface area (TPSA) is 30.7 Å². The van der Waals surface area contributed by atoms with Crippen LogP contribution in [0.5, 0.6) is 0 Å². The van der Waals surface area contributed by atoms with Crippen molar-refractivity contribution in [3.8, 4) is 5.69 Å². The Kier molecular flexibility index (Phi) is 4.31. The molecule has 0 amide bonds. The molecule has 0 saturated heterocycles. The molecule has 1 aromatic carbocycles. The van der Waals surface area contributed by atoms with Crippen LogP contribution in [-0.4, -0.2) is 20.9 Å². The van der Waals surface area contributed by atoms with E-state index in [1.807, 2.05) is 4.57 Å². The van der Waals surface area contributed by atoms with E-state index in [2.05, 4.69) is 24.0 Å². The highest BCUT2D eigenvalue weighted by atomic mass is 19.4. The van der Waals surface area contributed by atoms with Gasteiger partial charge in [-0.1, -0.05) is 13.8 Å². The first-order valence-corrected chi connectivity index (χ1v) is 9.44. The van der Waals surface area contributed by atoms with Gasteiger partial charge in [0.05, 0.1) is 11.6 Å². The van der Waals surface area contributed by atoms with E-state index in [4.69, 9.17) is 0 Å². The lowest BCUT2D eigenvalue weighted by molar-refractivity contribution is -0.182. The quantitative estimate of drug-likeness (QED) is 0.622. The van der Waals surface area contributed by atoms with E-state index >= 15 is 0 Å². The van der Waals surface area contributed by atoms with Crippen molar-refractivity contribution in [2.45, 2.75) is 64.5 Å². The van der Waals surface area contributed by atoms with Crippen LogP contribution in [0.15, 0.2) is 18.2 Å². The van der Waals surface area contributed by atoms with Gasteiger partial charge in [-0.3, -0.25) is 4.57 Å². The first-order chi connectivity index (χ1) is 12.6. The maximum Gasteiger partial charge on any atom is 0.391 e. The fourth-order valence-electron chi connectivity index (χ4n) is 4.57. The van der Waals surface area contributed by atoms with Gasteiger partial charge in [-0.15, -0.1) is 10.2 Å². The Labute approximate surface area is 155 Å². The summed E-state index contributed by atoms with van der Waals surface area (Å²) in [6, 6.07) is 4.71. The Morgan fingerprint density at radius 2 is 1.74 bits per heavy atom. The van der Waals surface area contributed by atoms with E-state index in [-0.39, 0.29) is 30.0 Å². The molecule has 2 aliphatic rings. The molecule has 4 rings (SSSR count). The van der Waals surface area contributed by atoms with Crippen molar-refractivity contribution < 1.29 is 17.6 Å². The third kappa shape index (κ3) is 3.48. The molecule has 146 valence electrons. The minimum Gasteiger partial charge on any atom is -0.282 e. The summed E-state index contributed by atoms with van der Waals surface area (Å²) in [5.41, 5.74) is 1.65. The average Bonchev–Trinajstić information content (AvgIpc) is 2.92. The standard InChI is InChI=1S/C20H23F4N3/c1-19(2)10-13-9-15(21)7-8-16(13)27-17(11-19)25-26-18(27)12-3-5-14(6-4-12)20(22,23)24/h7-9,12,14H,3-6,10-11H2,1-2H3/t12-,14-. The summed E-state index contributed by atoms with van der Waals surface area (Å²) >= 11 is 0. The van der Waals surface area contributed by atoms with Gasteiger partial charge < -0.3 is 0 Å². The average molecular weight is 381 g/mol. The molecule has 0 atom stereocenters. The van der Waals surface area contributed by atoms with Crippen molar-refractivity contribution in [1.82, 2.24) is 14.8 Å². The molecule has 1 fully saturated rings. The van der Waals surface area contributed by atoms with Gasteiger partial charge in [0.2, 0.25) is 0 Å². The molecule has 0 spiro atoms. The van der Waals surface area contributed by atoms with E-state index in [1.54, 1.807) is 12.1 Å². The zero-order valence-corrected chi connectivity index (χ0v) is 15.5. The van der Waals surface area contributed by atoms with Crippen LogP contribution in [0.25, 0.3) is 5.69 Å². The molecule has 27 heavy (non-hydrogen) atoms. The van der Waals surface area contributed by atoms with Crippen LogP contribution in [0.3, 0.4) is 0 Å². The summed E-state index contributed by atoms with van der Waals surface area (Å²) in [4.78, 5) is 0. The number of aromatic nitrogens is 3. The molecule has 0 N–H and O–H groups in total. The number of fused-ring (bicyclic) bond motifs is 3. The summed E-state index contributed by atoms with van der Waals surface area (Å²) in [6.45, 7) is 4.22. The molecule has 1 aliphatic heterocycles. The summed E-state index contributed by atoms with van der Waals surface area (Å²) in [5, 5.41) is 8.75. The van der Waals surface area contributed by atoms with Crippen molar-refractivity contribution in [3.05, 3.63) is 41.2 Å². The third-order valence-electron chi connectivity index (χ3n) is 5.90. The Hall–Kier alpha value is -1.92. The lowest BCUT2D eigenvalue weighted by Crippen LogP contribution is -2.28. The SMILES string of the molecule is CC1(C)Cc2cc(F)ccc2-n2c(nnc2[C@H]2CC[C@H](C(F)(F)F)CC2)C1. The highest BCUT2D eigenvalue weighted by Gasteiger charge is 2.42. The molecule has 3 nitrogen and oxygen atoms in total. The van der Waals surface area contributed by atoms with Crippen LogP contribution in [0.2, 0.25) is 0 Å². The highest BCUT2D eigenvalue weighted by molar-refractivity contribution is 5.45. The molecule has 1 saturated carbocycles. The number of nitrogens with zero attached hydrogens (tertiary/aromatic N) is 3. The Bertz CT molecular complexity index is 845. The lowest BCUT2D eigenvalue weighted by atomic mass is 9.81. The molecule has 0 bridgehead atoms. The van der Waals surface area contributed by atoms with Gasteiger partial charge in [-0.25, -0.2) is 4.39 Å². The van der Waals surface area contributed by atoms with Crippen molar-refractivity contribution >= 4 is 0 Å². The summed E-state index contributed by atoms with van der Waals surface area (Å²) < 4.78 is 54.8. The van der Waals surface area contributed by atoms with Gasteiger partial charge in [0.25, 0.3) is 0 Å². The van der Waals surface area contributed by atoms with Crippen molar-refractivity contribution in [2.75, 3.05) is 0 Å². The smallest absolute Gasteiger partial charge is 0.282 e. The molecular weight excluding hydrogens is 358 g/mol. The number of hydrogen-bond donors (Lipinski definition) is 0. The molecule has 2 heterocycles. The fraction of sp³-hybridized carbons (Fsp3) is 0.600. The monoisotopic (exact) mass is 381 g/mol. The maximum absolute atomic E-state index is 13.8. The highest BCUT2D eigenvalue weighted by Crippen LogP contribution is 2.44. The van der Waals surface area contributed by atoms with E-state index in [9.17, 15) is 17.6 Å². The third-order valence-corrected chi connectivity index (χ3v) is 5.90. The number of rotatable bonds is 1. The van der Waals surface area contributed by atoms with E-state index < -0.39 is 12.1 Å². The number of alkyl halides is 3. The Balaban J connectivity index is 1.72. The summed E-state index contributed by atoms with van der Waals surface area (Å²) in [5.74, 6) is -0.0349. The molecule has 2 aromatic rings. The van der Waals surface area contributed by atoms with Crippen LogP contribution in [0.1, 0.15) is 62.7 Å². The van der Waals surface area contributed by atoms with Crippen LogP contribution >= 0.6 is 0 Å². The van der Waals surface area contributed by atoms with Gasteiger partial charge in [-0.05, 0) is 61.3 Å². The minimum absolute atomic E-state index is 0.0519. The van der Waals surface area contributed by atoms with E-state index in [0.29, 0.717) is 25.7 Å². The van der Waals surface area contributed by atoms with Gasteiger partial charge in [0.1, 0.15) is 17.5 Å². The van der Waals surface area contributed by atoms with Gasteiger partial charge in [-0.2, -0.15) is 13.2 Å². The molecule has 0 unspecified atom stereocenters. The second-order valence-electron chi connectivity index (χ2n) is 8.69. The molecule has 1 aliphatic carbocycles. The van der Waals surface area contributed by atoms with E-state index in [0.717, 1.165) is 22.9 Å². The van der Waals surface area contributed by atoms with Gasteiger partial charge >= 0.3 is 6.18 Å². The number of benzene rings is 1. The van der Waals surface area contributed by atoms with Crippen LogP contribution in [0.4, 0.5) is 17.6 Å². The summed E-state index contributed by atoms with van der Waals surface area (Å²) in [6.07, 6.45) is -1.58. The first-order valence-electron chi connectivity index (χ1n) is 9.44. The van der Waals surface area contributed by atoms with Crippen LogP contribution in [-0.2, 0) is 12.8 Å². The molecular formula is C20H23F4N3. The number of hydrogen-bond acceptors (Lipinski definition) is 2. The minimum atomic E-state index is -4.12. The van der Waals surface area contributed by atoms with Crippen molar-refractivity contribution in [2.24, 2.45) is 11.3 Å². The molecule has 0 radical (unpaired) electrons. The van der Waals surface area contributed by atoms with Crippen LogP contribution < -0.4 is 0 Å². The zero-order chi connectivity index (χ0) is 19.4. The molecule has 7 heteroatoms. The molecule has 1 aromatic heterocycles. The fourth-order valence-corrected chi connectivity index (χ4v) is 4.57. The Morgan fingerprint density at radius 1 is 1.04 bits per heavy atom. The van der Waals surface area contributed by atoms with Crippen molar-refractivity contribution in [3.63, 3.8) is 0 Å². The predicted octanol–water partition coefficient (Wildman–Crippen LogP) is 5.37. The number of halogens is 4. The normalized spacial score (nSPS) is 24.8. The largest absolute Gasteiger partial charge is 0.391 e. The lowest BCUT2D eigenvalue weighted by Gasteiger charge is -2.29. The van der Waals surface area contributed by atoms with Gasteiger partial charge in [0.15, 0.2) is 0 Å². The predicted molar refractivity (Wildman–Crippen MR) is 93.3 cm³/mol. The van der Waals surface area contributed by atoms with Crippen molar-refractivity contribution in [1.29, 1.82) is 0 Å².